The quantitative estimate of drug-likeness (QED) is 0.339. The van der Waals surface area contributed by atoms with Gasteiger partial charge >= 0.3 is 0 Å². The molecule has 0 fully saturated rings. The van der Waals surface area contributed by atoms with Crippen molar-refractivity contribution >= 4 is 16.6 Å². The van der Waals surface area contributed by atoms with Gasteiger partial charge in [0.25, 0.3) is 0 Å². The van der Waals surface area contributed by atoms with E-state index in [1.54, 1.807) is 0 Å². The number of aryl methyl sites for hydroxylation is 2. The molecule has 4 rings (SSSR count). The molecular weight excluding hydrogens is 246 g/mol. The van der Waals surface area contributed by atoms with Gasteiger partial charge in [0.1, 0.15) is 11.2 Å². The molecule has 3 aromatic rings. The molecule has 0 saturated heterocycles. The molecule has 2 heterocycles. The summed E-state index contributed by atoms with van der Waals surface area (Å²) in [6.45, 7) is 12.6. The molecule has 2 aromatic carbocycles. The summed E-state index contributed by atoms with van der Waals surface area (Å²) in [5.74, 6) is 0. The largest absolute Gasteiger partial charge is 0.236 e. The normalized spacial score (nSPS) is 12.2. The van der Waals surface area contributed by atoms with Crippen LogP contribution in [0.4, 0.5) is 5.69 Å². The number of fused-ring (bicyclic) bond motifs is 5. The van der Waals surface area contributed by atoms with Crippen LogP contribution < -0.4 is 4.68 Å². The van der Waals surface area contributed by atoms with Crippen molar-refractivity contribution in [3.05, 3.63) is 64.6 Å². The fraction of sp³-hybridized carbons (Fsp3) is 0.176. The van der Waals surface area contributed by atoms with Crippen LogP contribution in [0.2, 0.25) is 0 Å². The number of para-hydroxylation sites is 1. The van der Waals surface area contributed by atoms with Gasteiger partial charge in [0.15, 0.2) is 6.54 Å². The first-order valence-corrected chi connectivity index (χ1v) is 6.72. The van der Waals surface area contributed by atoms with Crippen LogP contribution in [0.1, 0.15) is 16.7 Å². The third-order valence-electron chi connectivity index (χ3n) is 4.17. The van der Waals surface area contributed by atoms with Crippen molar-refractivity contribution < 1.29 is 4.68 Å². The molecule has 0 spiro atoms. The van der Waals surface area contributed by atoms with Gasteiger partial charge in [-0.25, -0.2) is 4.85 Å². The molecule has 0 bridgehead atoms. The van der Waals surface area contributed by atoms with Crippen molar-refractivity contribution in [3.63, 3.8) is 0 Å². The summed E-state index contributed by atoms with van der Waals surface area (Å²) in [6, 6.07) is 10.3. The maximum atomic E-state index is 7.41. The van der Waals surface area contributed by atoms with E-state index in [0.717, 1.165) is 23.1 Å². The minimum atomic E-state index is 0.718. The van der Waals surface area contributed by atoms with Gasteiger partial charge in [0, 0.05) is 0 Å². The van der Waals surface area contributed by atoms with E-state index in [1.807, 2.05) is 12.1 Å². The molecule has 0 radical (unpaired) electrons. The molecule has 0 saturated carbocycles. The van der Waals surface area contributed by atoms with E-state index < -0.39 is 0 Å². The van der Waals surface area contributed by atoms with E-state index in [2.05, 4.69) is 52.5 Å². The van der Waals surface area contributed by atoms with Crippen molar-refractivity contribution in [1.82, 2.24) is 4.68 Å². The van der Waals surface area contributed by atoms with Crippen molar-refractivity contribution in [2.24, 2.45) is 0 Å². The highest BCUT2D eigenvalue weighted by atomic mass is 15.4. The van der Waals surface area contributed by atoms with E-state index in [1.165, 1.54) is 22.4 Å². The number of hydrogen-bond donors (Lipinski definition) is 0. The molecule has 0 unspecified atom stereocenters. The summed E-state index contributed by atoms with van der Waals surface area (Å²) in [5, 5.41) is 1.13. The third-order valence-corrected chi connectivity index (χ3v) is 4.17. The molecule has 0 aliphatic carbocycles. The minimum Gasteiger partial charge on any atom is -0.236 e. The Balaban J connectivity index is 2.19. The van der Waals surface area contributed by atoms with Crippen LogP contribution in [0.3, 0.4) is 0 Å². The Morgan fingerprint density at radius 1 is 1.15 bits per heavy atom. The van der Waals surface area contributed by atoms with Crippen LogP contribution >= 0.6 is 0 Å². The van der Waals surface area contributed by atoms with Crippen molar-refractivity contribution in [3.8, 4) is 5.69 Å². The number of nitrogens with zero attached hydrogens (tertiary/aromatic N) is 3. The van der Waals surface area contributed by atoms with Crippen LogP contribution in [-0.2, 0) is 6.54 Å². The lowest BCUT2D eigenvalue weighted by molar-refractivity contribution is -0.749. The van der Waals surface area contributed by atoms with E-state index in [0.29, 0.717) is 0 Å². The Hall–Kier alpha value is -2.60. The van der Waals surface area contributed by atoms with Crippen LogP contribution in [0.5, 0.6) is 0 Å². The van der Waals surface area contributed by atoms with Gasteiger partial charge in [0.2, 0.25) is 11.9 Å². The lowest BCUT2D eigenvalue weighted by atomic mass is 10.0. The fourth-order valence-corrected chi connectivity index (χ4v) is 3.19. The van der Waals surface area contributed by atoms with Crippen molar-refractivity contribution in [2.75, 3.05) is 0 Å². The molecule has 1 aliphatic heterocycles. The Bertz CT molecular complexity index is 910. The first-order valence-electron chi connectivity index (χ1n) is 6.72. The summed E-state index contributed by atoms with van der Waals surface area (Å²) < 4.78 is 4.42. The van der Waals surface area contributed by atoms with Gasteiger partial charge in [-0.15, -0.1) is 9.36 Å². The van der Waals surface area contributed by atoms with E-state index in [-0.39, 0.29) is 0 Å². The zero-order chi connectivity index (χ0) is 13.9. The van der Waals surface area contributed by atoms with Crippen LogP contribution in [-0.4, -0.2) is 4.68 Å². The first kappa shape index (κ1) is 11.2. The van der Waals surface area contributed by atoms with Crippen molar-refractivity contribution in [1.29, 1.82) is 0 Å². The van der Waals surface area contributed by atoms with Crippen LogP contribution in [0.15, 0.2) is 36.5 Å². The molecule has 3 nitrogen and oxygen atoms in total. The predicted octanol–water partition coefficient (Wildman–Crippen LogP) is 3.45. The molecule has 1 aromatic heterocycles. The zero-order valence-electron chi connectivity index (χ0n) is 11.5. The number of rotatable bonds is 0. The Labute approximate surface area is 117 Å². The summed E-state index contributed by atoms with van der Waals surface area (Å²) in [5.41, 5.74) is 6.93. The average Bonchev–Trinajstić information content (AvgIpc) is 2.98. The molecule has 3 heteroatoms. The summed E-state index contributed by atoms with van der Waals surface area (Å²) in [7, 11) is 0. The highest BCUT2D eigenvalue weighted by Crippen LogP contribution is 2.33. The van der Waals surface area contributed by atoms with Gasteiger partial charge in [-0.3, -0.25) is 0 Å². The van der Waals surface area contributed by atoms with E-state index in [4.69, 9.17) is 6.57 Å². The predicted molar refractivity (Wildman–Crippen MR) is 78.3 cm³/mol. The van der Waals surface area contributed by atoms with E-state index in [9.17, 15) is 0 Å². The van der Waals surface area contributed by atoms with Gasteiger partial charge < -0.3 is 0 Å². The second-order valence-electron chi connectivity index (χ2n) is 5.39. The molecular formula is C17H14N3+. The lowest BCUT2D eigenvalue weighted by Crippen LogP contribution is -2.36. The molecule has 0 amide bonds. The number of hydrogen-bond acceptors (Lipinski definition) is 0. The summed E-state index contributed by atoms with van der Waals surface area (Å²) >= 11 is 0. The highest BCUT2D eigenvalue weighted by molar-refractivity contribution is 5.92. The molecule has 0 atom stereocenters. The second-order valence-corrected chi connectivity index (χ2v) is 5.39. The molecule has 96 valence electrons. The second kappa shape index (κ2) is 3.71. The maximum absolute atomic E-state index is 7.41. The summed E-state index contributed by atoms with van der Waals surface area (Å²) in [4.78, 5) is 3.69. The maximum Gasteiger partial charge on any atom is 0.217 e. The molecule has 1 aliphatic rings. The Kier molecular flexibility index (Phi) is 2.08. The van der Waals surface area contributed by atoms with Crippen LogP contribution in [0, 0.1) is 20.4 Å². The highest BCUT2D eigenvalue weighted by Gasteiger charge is 2.31. The summed E-state index contributed by atoms with van der Waals surface area (Å²) in [6.07, 6.45) is 2.14. The van der Waals surface area contributed by atoms with Gasteiger partial charge in [0.05, 0.1) is 17.5 Å². The topological polar surface area (TPSA) is 13.2 Å². The lowest BCUT2D eigenvalue weighted by Gasteiger charge is -2.05. The van der Waals surface area contributed by atoms with Crippen LogP contribution in [0.25, 0.3) is 21.4 Å². The standard InChI is InChI=1S/C17H14N3/c1-11-7-8-12(2)16-14(11)10-19-9-13-5-4-6-15(18-3)17(13)20(16)19/h4-9H,10H2,1-2H3/q+1. The van der Waals surface area contributed by atoms with Gasteiger partial charge in [-0.05, 0) is 31.0 Å². The average molecular weight is 260 g/mol. The first-order chi connectivity index (χ1) is 9.70. The molecule has 20 heavy (non-hydrogen) atoms. The SMILES string of the molecule is [C-]#[N+]c1cccc2c[n+]3n(c12)-c1c(C)ccc(C)c1C3. The third kappa shape index (κ3) is 1.26. The van der Waals surface area contributed by atoms with Crippen molar-refractivity contribution in [2.45, 2.75) is 20.4 Å². The minimum absolute atomic E-state index is 0.718. The smallest absolute Gasteiger partial charge is 0.217 e. The molecule has 0 N–H and O–H groups in total. The van der Waals surface area contributed by atoms with E-state index >= 15 is 0 Å². The fourth-order valence-electron chi connectivity index (χ4n) is 3.19. The van der Waals surface area contributed by atoms with Gasteiger partial charge in [-0.2, -0.15) is 0 Å². The van der Waals surface area contributed by atoms with Gasteiger partial charge in [-0.1, -0.05) is 24.3 Å². The zero-order valence-corrected chi connectivity index (χ0v) is 11.5. The Morgan fingerprint density at radius 2 is 1.95 bits per heavy atom. The Morgan fingerprint density at radius 3 is 2.75 bits per heavy atom. The number of aromatic nitrogens is 2. The number of benzene rings is 2. The monoisotopic (exact) mass is 260 g/mol.